The van der Waals surface area contributed by atoms with E-state index in [-0.39, 0.29) is 0 Å². The zero-order chi connectivity index (χ0) is 12.9. The van der Waals surface area contributed by atoms with Crippen LogP contribution >= 0.6 is 0 Å². The van der Waals surface area contributed by atoms with Gasteiger partial charge in [-0.25, -0.2) is 0 Å². The molecule has 0 bridgehead atoms. The molecule has 0 aliphatic carbocycles. The minimum atomic E-state index is 0.366. The number of nitrogens with zero attached hydrogens (tertiary/aromatic N) is 1. The third-order valence-corrected chi connectivity index (χ3v) is 3.90. The van der Waals surface area contributed by atoms with Crippen LogP contribution in [0.2, 0.25) is 0 Å². The Hall–Kier alpha value is -1.26. The fourth-order valence-corrected chi connectivity index (χ4v) is 2.82. The van der Waals surface area contributed by atoms with Crippen LogP contribution in [0.25, 0.3) is 0 Å². The monoisotopic (exact) mass is 261 g/mol. The standard InChI is InChI=1S/C15H23N3O/c1-2-4-15(19-13-5-7-16-8-6-13)14(3-1)18-11-9-17-10-12-18/h1-4,13,16-17H,5-12H2. The van der Waals surface area contributed by atoms with Gasteiger partial charge in [0.2, 0.25) is 0 Å². The van der Waals surface area contributed by atoms with E-state index >= 15 is 0 Å². The predicted octanol–water partition coefficient (Wildman–Crippen LogP) is 1.23. The molecule has 1 aromatic carbocycles. The molecule has 2 aliphatic rings. The van der Waals surface area contributed by atoms with Crippen LogP contribution in [-0.4, -0.2) is 45.4 Å². The molecule has 0 atom stereocenters. The van der Waals surface area contributed by atoms with Gasteiger partial charge in [0.1, 0.15) is 11.9 Å². The number of rotatable bonds is 3. The highest BCUT2D eigenvalue weighted by Gasteiger charge is 2.19. The summed E-state index contributed by atoms with van der Waals surface area (Å²) in [5.41, 5.74) is 1.25. The first kappa shape index (κ1) is 12.8. The molecule has 4 nitrogen and oxygen atoms in total. The summed E-state index contributed by atoms with van der Waals surface area (Å²) in [6, 6.07) is 8.47. The van der Waals surface area contributed by atoms with E-state index in [4.69, 9.17) is 4.74 Å². The summed E-state index contributed by atoms with van der Waals surface area (Å²) in [6.07, 6.45) is 2.58. The first-order chi connectivity index (χ1) is 9.43. The van der Waals surface area contributed by atoms with Crippen LogP contribution in [0.4, 0.5) is 5.69 Å². The Morgan fingerprint density at radius 2 is 1.63 bits per heavy atom. The van der Waals surface area contributed by atoms with Crippen LogP contribution in [0.15, 0.2) is 24.3 Å². The molecule has 3 rings (SSSR count). The van der Waals surface area contributed by atoms with E-state index in [2.05, 4.69) is 39.8 Å². The summed E-state index contributed by atoms with van der Waals surface area (Å²) in [6.45, 7) is 6.38. The van der Waals surface area contributed by atoms with Gasteiger partial charge in [-0.15, -0.1) is 0 Å². The van der Waals surface area contributed by atoms with Crippen molar-refractivity contribution in [1.29, 1.82) is 0 Å². The van der Waals surface area contributed by atoms with E-state index in [1.165, 1.54) is 5.69 Å². The smallest absolute Gasteiger partial charge is 0.143 e. The van der Waals surface area contributed by atoms with E-state index in [0.29, 0.717) is 6.10 Å². The summed E-state index contributed by atoms with van der Waals surface area (Å²) in [7, 11) is 0. The summed E-state index contributed by atoms with van der Waals surface area (Å²) in [5, 5.41) is 6.77. The van der Waals surface area contributed by atoms with Gasteiger partial charge in [-0.3, -0.25) is 0 Å². The van der Waals surface area contributed by atoms with Gasteiger partial charge in [-0.05, 0) is 38.1 Å². The van der Waals surface area contributed by atoms with Gasteiger partial charge in [0.05, 0.1) is 5.69 Å². The maximum Gasteiger partial charge on any atom is 0.143 e. The summed E-state index contributed by atoms with van der Waals surface area (Å²) in [4.78, 5) is 2.42. The van der Waals surface area contributed by atoms with Gasteiger partial charge in [0, 0.05) is 26.2 Å². The van der Waals surface area contributed by atoms with Crippen LogP contribution in [0, 0.1) is 0 Å². The molecule has 2 saturated heterocycles. The van der Waals surface area contributed by atoms with Gasteiger partial charge >= 0.3 is 0 Å². The number of para-hydroxylation sites is 2. The second kappa shape index (κ2) is 6.26. The molecule has 2 aliphatic heterocycles. The van der Waals surface area contributed by atoms with Crippen LogP contribution in [0.1, 0.15) is 12.8 Å². The Bertz CT molecular complexity index is 398. The molecular formula is C15H23N3O. The average Bonchev–Trinajstić information content (AvgIpc) is 2.50. The molecule has 4 heteroatoms. The van der Waals surface area contributed by atoms with Gasteiger partial charge in [0.15, 0.2) is 0 Å². The second-order valence-corrected chi connectivity index (χ2v) is 5.27. The minimum absolute atomic E-state index is 0.366. The number of nitrogens with one attached hydrogen (secondary N) is 2. The number of piperazine rings is 1. The van der Waals surface area contributed by atoms with Crippen LogP contribution in [-0.2, 0) is 0 Å². The van der Waals surface area contributed by atoms with Gasteiger partial charge < -0.3 is 20.3 Å². The van der Waals surface area contributed by atoms with Crippen molar-refractivity contribution in [2.45, 2.75) is 18.9 Å². The first-order valence-corrected chi connectivity index (χ1v) is 7.35. The zero-order valence-electron chi connectivity index (χ0n) is 11.4. The van der Waals surface area contributed by atoms with Crippen molar-refractivity contribution in [2.24, 2.45) is 0 Å². The summed E-state index contributed by atoms with van der Waals surface area (Å²) >= 11 is 0. The lowest BCUT2D eigenvalue weighted by molar-refractivity contribution is 0.163. The third kappa shape index (κ3) is 3.19. The van der Waals surface area contributed by atoms with Crippen molar-refractivity contribution in [2.75, 3.05) is 44.2 Å². The Morgan fingerprint density at radius 3 is 2.42 bits per heavy atom. The number of anilines is 1. The van der Waals surface area contributed by atoms with Gasteiger partial charge in [-0.1, -0.05) is 12.1 Å². The fraction of sp³-hybridized carbons (Fsp3) is 0.600. The van der Waals surface area contributed by atoms with Crippen molar-refractivity contribution >= 4 is 5.69 Å². The number of hydrogen-bond acceptors (Lipinski definition) is 4. The SMILES string of the molecule is c1ccc(N2CCNCC2)c(OC2CCNCC2)c1. The van der Waals surface area contributed by atoms with Gasteiger partial charge in [-0.2, -0.15) is 0 Å². The van der Waals surface area contributed by atoms with E-state index < -0.39 is 0 Å². The van der Waals surface area contributed by atoms with E-state index in [0.717, 1.165) is 57.9 Å². The lowest BCUT2D eigenvalue weighted by Crippen LogP contribution is -2.43. The summed E-state index contributed by atoms with van der Waals surface area (Å²) in [5.74, 6) is 1.05. The van der Waals surface area contributed by atoms with Crippen LogP contribution in [0.3, 0.4) is 0 Å². The molecule has 19 heavy (non-hydrogen) atoms. The normalized spacial score (nSPS) is 21.4. The molecule has 2 N–H and O–H groups in total. The van der Waals surface area contributed by atoms with Crippen molar-refractivity contribution in [3.63, 3.8) is 0 Å². The number of ether oxygens (including phenoxy) is 1. The number of hydrogen-bond donors (Lipinski definition) is 2. The Balaban J connectivity index is 1.72. The largest absolute Gasteiger partial charge is 0.488 e. The maximum atomic E-state index is 6.24. The molecule has 0 saturated carbocycles. The fourth-order valence-electron chi connectivity index (χ4n) is 2.82. The predicted molar refractivity (Wildman–Crippen MR) is 78.0 cm³/mol. The molecule has 104 valence electrons. The van der Waals surface area contributed by atoms with E-state index in [9.17, 15) is 0 Å². The van der Waals surface area contributed by atoms with Crippen molar-refractivity contribution in [3.8, 4) is 5.75 Å². The molecule has 0 radical (unpaired) electrons. The molecule has 1 aromatic rings. The molecule has 2 fully saturated rings. The van der Waals surface area contributed by atoms with Crippen molar-refractivity contribution in [3.05, 3.63) is 24.3 Å². The molecule has 0 amide bonds. The molecule has 0 aromatic heterocycles. The number of piperidine rings is 1. The highest BCUT2D eigenvalue weighted by molar-refractivity contribution is 5.58. The quantitative estimate of drug-likeness (QED) is 0.858. The Morgan fingerprint density at radius 1 is 0.947 bits per heavy atom. The van der Waals surface area contributed by atoms with Crippen molar-refractivity contribution in [1.82, 2.24) is 10.6 Å². The highest BCUT2D eigenvalue weighted by Crippen LogP contribution is 2.30. The van der Waals surface area contributed by atoms with Gasteiger partial charge in [0.25, 0.3) is 0 Å². The van der Waals surface area contributed by atoms with Crippen LogP contribution < -0.4 is 20.3 Å². The molecule has 2 heterocycles. The zero-order valence-corrected chi connectivity index (χ0v) is 11.4. The Labute approximate surface area is 115 Å². The van der Waals surface area contributed by atoms with E-state index in [1.54, 1.807) is 0 Å². The average molecular weight is 261 g/mol. The van der Waals surface area contributed by atoms with Crippen molar-refractivity contribution < 1.29 is 4.74 Å². The molecule has 0 spiro atoms. The molecular weight excluding hydrogens is 238 g/mol. The minimum Gasteiger partial charge on any atom is -0.488 e. The second-order valence-electron chi connectivity index (χ2n) is 5.27. The summed E-state index contributed by atoms with van der Waals surface area (Å²) < 4.78 is 6.24. The highest BCUT2D eigenvalue weighted by atomic mass is 16.5. The van der Waals surface area contributed by atoms with Crippen LogP contribution in [0.5, 0.6) is 5.75 Å². The first-order valence-electron chi connectivity index (χ1n) is 7.35. The third-order valence-electron chi connectivity index (χ3n) is 3.90. The lowest BCUT2D eigenvalue weighted by atomic mass is 10.1. The molecule has 0 unspecified atom stereocenters. The topological polar surface area (TPSA) is 36.5 Å². The maximum absolute atomic E-state index is 6.24. The number of benzene rings is 1. The van der Waals surface area contributed by atoms with E-state index in [1.807, 2.05) is 0 Å². The lowest BCUT2D eigenvalue weighted by Gasteiger charge is -2.32. The Kier molecular flexibility index (Phi) is 4.20.